The van der Waals surface area contributed by atoms with Crippen LogP contribution in [0.25, 0.3) is 6.08 Å². The van der Waals surface area contributed by atoms with Crippen LogP contribution in [0.3, 0.4) is 0 Å². The molecule has 186 valence electrons. The lowest BCUT2D eigenvalue weighted by Gasteiger charge is -2.36. The molecule has 35 heavy (non-hydrogen) atoms. The quantitative estimate of drug-likeness (QED) is 0.659. The summed E-state index contributed by atoms with van der Waals surface area (Å²) in [5.74, 6) is 1.60. The Kier molecular flexibility index (Phi) is 7.12. The fourth-order valence-electron chi connectivity index (χ4n) is 5.81. The molecule has 1 N–H and O–H groups in total. The van der Waals surface area contributed by atoms with Crippen LogP contribution in [0, 0.1) is 11.3 Å². The summed E-state index contributed by atoms with van der Waals surface area (Å²) in [6, 6.07) is 15.8. The van der Waals surface area contributed by atoms with Crippen molar-refractivity contribution in [3.63, 3.8) is 0 Å². The molecular weight excluding hydrogens is 438 g/mol. The highest BCUT2D eigenvalue weighted by Crippen LogP contribution is 2.60. The number of carbonyl (C=O) groups is 1. The number of carbonyl (C=O) groups excluding carboxylic acids is 1. The molecule has 1 atom stereocenters. The maximum atomic E-state index is 13.3. The van der Waals surface area contributed by atoms with Crippen LogP contribution in [0.4, 0.5) is 0 Å². The first-order valence-electron chi connectivity index (χ1n) is 12.9. The molecule has 1 amide bonds. The Morgan fingerprint density at radius 3 is 2.46 bits per heavy atom. The van der Waals surface area contributed by atoms with E-state index >= 15 is 0 Å². The summed E-state index contributed by atoms with van der Waals surface area (Å²) in [4.78, 5) is 20.2. The normalized spacial score (nSPS) is 22.5. The van der Waals surface area contributed by atoms with E-state index in [2.05, 4.69) is 51.1 Å². The van der Waals surface area contributed by atoms with Gasteiger partial charge in [0.25, 0.3) is 0 Å². The Hall–Kier alpha value is -2.83. The third-order valence-corrected chi connectivity index (χ3v) is 8.21. The minimum Gasteiger partial charge on any atom is -0.507 e. The van der Waals surface area contributed by atoms with Gasteiger partial charge in [0.05, 0.1) is 7.11 Å². The number of phenolic OH excluding ortho intramolecular Hbond substituents is 1. The van der Waals surface area contributed by atoms with E-state index in [1.807, 2.05) is 18.2 Å². The topological polar surface area (TPSA) is 56.3 Å². The molecule has 2 aromatic carbocycles. The van der Waals surface area contributed by atoms with Crippen molar-refractivity contribution < 1.29 is 14.6 Å². The number of phenols is 1. The molecule has 2 aliphatic heterocycles. The summed E-state index contributed by atoms with van der Waals surface area (Å²) in [7, 11) is 1.64. The zero-order valence-electron chi connectivity index (χ0n) is 20.7. The molecule has 3 aliphatic rings. The van der Waals surface area contributed by atoms with E-state index in [4.69, 9.17) is 4.74 Å². The van der Waals surface area contributed by atoms with Crippen LogP contribution in [0.15, 0.2) is 54.6 Å². The van der Waals surface area contributed by atoms with Gasteiger partial charge in [0.1, 0.15) is 11.5 Å². The number of hydrogen-bond donors (Lipinski definition) is 1. The lowest BCUT2D eigenvalue weighted by atomic mass is 9.90. The fourth-order valence-corrected chi connectivity index (χ4v) is 5.81. The maximum absolute atomic E-state index is 13.3. The highest BCUT2D eigenvalue weighted by molar-refractivity contribution is 5.83. The lowest BCUT2D eigenvalue weighted by Crippen LogP contribution is -2.49. The Bertz CT molecular complexity index is 1040. The summed E-state index contributed by atoms with van der Waals surface area (Å²) in [6.45, 7) is 7.10. The van der Waals surface area contributed by atoms with Crippen LogP contribution in [-0.4, -0.2) is 78.6 Å². The lowest BCUT2D eigenvalue weighted by molar-refractivity contribution is -0.135. The van der Waals surface area contributed by atoms with Crippen molar-refractivity contribution in [2.45, 2.75) is 25.8 Å². The average molecular weight is 476 g/mol. The van der Waals surface area contributed by atoms with Gasteiger partial charge in [-0.25, -0.2) is 0 Å². The maximum Gasteiger partial charge on any atom is 0.226 e. The zero-order valence-corrected chi connectivity index (χ0v) is 20.7. The highest BCUT2D eigenvalue weighted by atomic mass is 16.5. The van der Waals surface area contributed by atoms with Gasteiger partial charge in [-0.1, -0.05) is 48.6 Å². The first-order valence-corrected chi connectivity index (χ1v) is 12.9. The summed E-state index contributed by atoms with van der Waals surface area (Å²) >= 11 is 0. The molecule has 1 saturated carbocycles. The molecule has 1 aliphatic carbocycles. The van der Waals surface area contributed by atoms with Crippen molar-refractivity contribution in [1.29, 1.82) is 0 Å². The molecule has 6 nitrogen and oxygen atoms in total. The fraction of sp³-hybridized carbons (Fsp3) is 0.483. The number of methoxy groups -OCH3 is 1. The SMILES string of the molecule is COc1cccc(O)c1CN1CCC2(CC1)CC2C(=O)N1CCN(CC=Cc2ccccc2)CC1. The van der Waals surface area contributed by atoms with E-state index in [9.17, 15) is 9.90 Å². The van der Waals surface area contributed by atoms with Crippen molar-refractivity contribution >= 4 is 12.0 Å². The number of likely N-dealkylation sites (tertiary alicyclic amines) is 1. The minimum atomic E-state index is 0.200. The number of aromatic hydroxyl groups is 1. The number of nitrogens with zero attached hydrogens (tertiary/aromatic N) is 3. The second-order valence-electron chi connectivity index (χ2n) is 10.3. The van der Waals surface area contributed by atoms with Crippen molar-refractivity contribution in [2.24, 2.45) is 11.3 Å². The molecule has 0 aromatic heterocycles. The van der Waals surface area contributed by atoms with E-state index in [1.54, 1.807) is 13.2 Å². The smallest absolute Gasteiger partial charge is 0.226 e. The standard InChI is InChI=1S/C29H37N3O3/c1-35-27-11-5-10-26(33)24(27)22-31-15-12-29(13-16-31)21-25(29)28(34)32-19-17-30(18-20-32)14-6-9-23-7-3-2-4-8-23/h2-11,25,33H,12-22H2,1H3. The minimum absolute atomic E-state index is 0.200. The van der Waals surface area contributed by atoms with Gasteiger partial charge in [0, 0.05) is 50.7 Å². The molecule has 5 rings (SSSR count). The van der Waals surface area contributed by atoms with Crippen molar-refractivity contribution in [2.75, 3.05) is 52.9 Å². The zero-order chi connectivity index (χ0) is 24.3. The van der Waals surface area contributed by atoms with Gasteiger partial charge < -0.3 is 14.7 Å². The first-order chi connectivity index (χ1) is 17.1. The van der Waals surface area contributed by atoms with Gasteiger partial charge in [0.2, 0.25) is 5.91 Å². The van der Waals surface area contributed by atoms with Crippen LogP contribution in [0.1, 0.15) is 30.4 Å². The van der Waals surface area contributed by atoms with Crippen LogP contribution < -0.4 is 4.74 Å². The Morgan fingerprint density at radius 1 is 1.00 bits per heavy atom. The Labute approximate surface area is 208 Å². The molecule has 0 bridgehead atoms. The van der Waals surface area contributed by atoms with E-state index in [0.717, 1.165) is 76.4 Å². The first kappa shape index (κ1) is 23.9. The predicted octanol–water partition coefficient (Wildman–Crippen LogP) is 3.86. The number of ether oxygens (including phenoxy) is 1. The van der Waals surface area contributed by atoms with Crippen LogP contribution >= 0.6 is 0 Å². The summed E-state index contributed by atoms with van der Waals surface area (Å²) in [5.41, 5.74) is 2.28. The Morgan fingerprint density at radius 2 is 1.74 bits per heavy atom. The molecule has 3 fully saturated rings. The number of benzene rings is 2. The molecule has 0 radical (unpaired) electrons. The van der Waals surface area contributed by atoms with E-state index < -0.39 is 0 Å². The number of piperidine rings is 1. The molecule has 2 heterocycles. The predicted molar refractivity (Wildman–Crippen MR) is 138 cm³/mol. The third-order valence-electron chi connectivity index (χ3n) is 8.21. The van der Waals surface area contributed by atoms with Crippen molar-refractivity contribution in [1.82, 2.24) is 14.7 Å². The summed E-state index contributed by atoms with van der Waals surface area (Å²) < 4.78 is 5.44. The highest BCUT2D eigenvalue weighted by Gasteiger charge is 2.59. The second kappa shape index (κ2) is 10.4. The van der Waals surface area contributed by atoms with Crippen LogP contribution in [0.5, 0.6) is 11.5 Å². The second-order valence-corrected chi connectivity index (χ2v) is 10.3. The molecule has 2 aromatic rings. The molecule has 1 unspecified atom stereocenters. The van der Waals surface area contributed by atoms with Gasteiger partial charge in [-0.2, -0.15) is 0 Å². The van der Waals surface area contributed by atoms with Crippen molar-refractivity contribution in [3.05, 3.63) is 65.7 Å². The van der Waals surface area contributed by atoms with Crippen molar-refractivity contribution in [3.8, 4) is 11.5 Å². The van der Waals surface area contributed by atoms with Crippen LogP contribution in [-0.2, 0) is 11.3 Å². The largest absolute Gasteiger partial charge is 0.507 e. The van der Waals surface area contributed by atoms with E-state index in [1.165, 1.54) is 5.56 Å². The number of rotatable bonds is 7. The van der Waals surface area contributed by atoms with E-state index in [-0.39, 0.29) is 11.3 Å². The molecule has 6 heteroatoms. The Balaban J connectivity index is 1.06. The van der Waals surface area contributed by atoms with Crippen LogP contribution in [0.2, 0.25) is 0 Å². The number of amides is 1. The number of piperazine rings is 1. The van der Waals surface area contributed by atoms with Gasteiger partial charge in [0.15, 0.2) is 0 Å². The third kappa shape index (κ3) is 5.39. The van der Waals surface area contributed by atoms with Gasteiger partial charge >= 0.3 is 0 Å². The summed E-state index contributed by atoms with van der Waals surface area (Å²) in [6.07, 6.45) is 7.56. The molecule has 2 saturated heterocycles. The van der Waals surface area contributed by atoms with Gasteiger partial charge in [-0.05, 0) is 55.5 Å². The van der Waals surface area contributed by atoms with E-state index in [0.29, 0.717) is 18.2 Å². The average Bonchev–Trinajstić information content (AvgIpc) is 3.60. The molecular formula is C29H37N3O3. The van der Waals surface area contributed by atoms with Gasteiger partial charge in [-0.3, -0.25) is 14.6 Å². The monoisotopic (exact) mass is 475 g/mol. The number of hydrogen-bond acceptors (Lipinski definition) is 5. The summed E-state index contributed by atoms with van der Waals surface area (Å²) in [5, 5.41) is 10.3. The molecule has 1 spiro atoms. The van der Waals surface area contributed by atoms with Gasteiger partial charge in [-0.15, -0.1) is 0 Å².